The predicted molar refractivity (Wildman–Crippen MR) is 54.1 cm³/mol. The molecule has 12 heavy (non-hydrogen) atoms. The molecule has 0 fully saturated rings. The van der Waals surface area contributed by atoms with Gasteiger partial charge in [0.25, 0.3) is 0 Å². The van der Waals surface area contributed by atoms with E-state index in [0.29, 0.717) is 0 Å². The van der Waals surface area contributed by atoms with Crippen LogP contribution in [0.4, 0.5) is 0 Å². The van der Waals surface area contributed by atoms with Crippen molar-refractivity contribution >= 4 is 0 Å². The molecule has 0 aliphatic carbocycles. The molecule has 0 saturated carbocycles. The van der Waals surface area contributed by atoms with Gasteiger partial charge in [0.2, 0.25) is 0 Å². The van der Waals surface area contributed by atoms with Gasteiger partial charge in [-0.05, 0) is 32.3 Å². The van der Waals surface area contributed by atoms with Crippen molar-refractivity contribution in [3.8, 4) is 0 Å². The number of ether oxygens (including phenoxy) is 1. The first-order valence-corrected chi connectivity index (χ1v) is 5.07. The zero-order valence-corrected chi connectivity index (χ0v) is 8.94. The van der Waals surface area contributed by atoms with E-state index in [0.717, 1.165) is 12.4 Å². The largest absolute Gasteiger partial charge is 0.499 e. The van der Waals surface area contributed by atoms with Crippen molar-refractivity contribution in [2.75, 3.05) is 6.61 Å². The Labute approximate surface area is 76.8 Å². The van der Waals surface area contributed by atoms with Crippen LogP contribution in [-0.2, 0) is 4.74 Å². The Balaban J connectivity index is 4.11. The summed E-state index contributed by atoms with van der Waals surface area (Å²) in [6.07, 6.45) is 4.83. The molecule has 0 radical (unpaired) electrons. The van der Waals surface area contributed by atoms with Gasteiger partial charge in [0, 0.05) is 0 Å². The Kier molecular flexibility index (Phi) is 6.93. The summed E-state index contributed by atoms with van der Waals surface area (Å²) in [4.78, 5) is 0. The summed E-state index contributed by atoms with van der Waals surface area (Å²) in [5.41, 5.74) is 1.50. The monoisotopic (exact) mass is 170 g/mol. The van der Waals surface area contributed by atoms with Gasteiger partial charge in [-0.2, -0.15) is 0 Å². The van der Waals surface area contributed by atoms with Gasteiger partial charge in [-0.1, -0.05) is 26.7 Å². The van der Waals surface area contributed by atoms with Gasteiger partial charge in [0.15, 0.2) is 0 Å². The Bertz CT molecular complexity index is 128. The van der Waals surface area contributed by atoms with E-state index in [1.165, 1.54) is 31.3 Å². The Morgan fingerprint density at radius 1 is 1.00 bits per heavy atom. The third-order valence-corrected chi connectivity index (χ3v) is 1.96. The summed E-state index contributed by atoms with van der Waals surface area (Å²) in [6.45, 7) is 9.36. The highest BCUT2D eigenvalue weighted by atomic mass is 16.5. The van der Waals surface area contributed by atoms with Gasteiger partial charge >= 0.3 is 0 Å². The van der Waals surface area contributed by atoms with E-state index >= 15 is 0 Å². The third-order valence-electron chi connectivity index (χ3n) is 1.96. The zero-order chi connectivity index (χ0) is 9.40. The molecule has 0 saturated heterocycles. The van der Waals surface area contributed by atoms with E-state index in [1.54, 1.807) is 0 Å². The lowest BCUT2D eigenvalue weighted by molar-refractivity contribution is 0.225. The second-order valence-electron chi connectivity index (χ2n) is 3.09. The fourth-order valence-electron chi connectivity index (χ4n) is 1.40. The number of rotatable bonds is 6. The molecule has 0 unspecified atom stereocenters. The van der Waals surface area contributed by atoms with Crippen LogP contribution in [0.5, 0.6) is 0 Å². The van der Waals surface area contributed by atoms with Crippen LogP contribution in [0, 0.1) is 0 Å². The molecule has 72 valence electrons. The summed E-state index contributed by atoms with van der Waals surface area (Å²) in [5.74, 6) is 1.15. The summed E-state index contributed by atoms with van der Waals surface area (Å²) >= 11 is 0. The number of hydrogen-bond donors (Lipinski definition) is 0. The normalized spacial score (nSPS) is 9.67. The second-order valence-corrected chi connectivity index (χ2v) is 3.09. The van der Waals surface area contributed by atoms with Crippen molar-refractivity contribution in [1.82, 2.24) is 0 Å². The fourth-order valence-corrected chi connectivity index (χ4v) is 1.40. The van der Waals surface area contributed by atoms with Crippen LogP contribution >= 0.6 is 0 Å². The molecule has 0 atom stereocenters. The molecule has 0 aromatic rings. The molecule has 0 rings (SSSR count). The highest BCUT2D eigenvalue weighted by Crippen LogP contribution is 2.17. The van der Waals surface area contributed by atoms with E-state index in [2.05, 4.69) is 20.8 Å². The summed E-state index contributed by atoms with van der Waals surface area (Å²) < 4.78 is 5.49. The number of hydrogen-bond acceptors (Lipinski definition) is 1. The Hall–Kier alpha value is -0.460. The standard InChI is InChI=1S/C11H22O/c1-5-8-11(9-6-2)10(4)12-7-3/h5-9H2,1-4H3. The van der Waals surface area contributed by atoms with E-state index in [1.807, 2.05) is 6.92 Å². The molecule has 0 aromatic heterocycles. The smallest absolute Gasteiger partial charge is 0.0920 e. The van der Waals surface area contributed by atoms with Gasteiger partial charge in [-0.3, -0.25) is 0 Å². The predicted octanol–water partition coefficient (Wildman–Crippen LogP) is 3.90. The first kappa shape index (κ1) is 11.5. The van der Waals surface area contributed by atoms with Crippen molar-refractivity contribution in [2.45, 2.75) is 53.4 Å². The third kappa shape index (κ3) is 4.42. The molecular formula is C11H22O. The maximum atomic E-state index is 5.49. The van der Waals surface area contributed by atoms with E-state index < -0.39 is 0 Å². The Morgan fingerprint density at radius 3 is 1.83 bits per heavy atom. The van der Waals surface area contributed by atoms with E-state index in [-0.39, 0.29) is 0 Å². The average Bonchev–Trinajstić information content (AvgIpc) is 2.04. The van der Waals surface area contributed by atoms with Crippen molar-refractivity contribution < 1.29 is 4.74 Å². The minimum atomic E-state index is 0.794. The number of allylic oxidation sites excluding steroid dienone is 2. The van der Waals surface area contributed by atoms with Crippen LogP contribution in [0.2, 0.25) is 0 Å². The van der Waals surface area contributed by atoms with E-state index in [9.17, 15) is 0 Å². The topological polar surface area (TPSA) is 9.23 Å². The van der Waals surface area contributed by atoms with E-state index in [4.69, 9.17) is 4.74 Å². The SMILES string of the molecule is CCCC(CCC)=C(C)OCC. The lowest BCUT2D eigenvalue weighted by Crippen LogP contribution is -1.94. The Morgan fingerprint density at radius 2 is 1.50 bits per heavy atom. The van der Waals surface area contributed by atoms with Crippen molar-refractivity contribution in [3.05, 3.63) is 11.3 Å². The lowest BCUT2D eigenvalue weighted by atomic mass is 10.0. The molecule has 0 heterocycles. The maximum absolute atomic E-state index is 5.49. The molecule has 0 aliphatic heterocycles. The molecule has 1 heteroatoms. The molecule has 0 N–H and O–H groups in total. The first-order valence-electron chi connectivity index (χ1n) is 5.07. The summed E-state index contributed by atoms with van der Waals surface area (Å²) in [6, 6.07) is 0. The fraction of sp³-hybridized carbons (Fsp3) is 0.818. The quantitative estimate of drug-likeness (QED) is 0.549. The minimum absolute atomic E-state index is 0.794. The summed E-state index contributed by atoms with van der Waals surface area (Å²) in [7, 11) is 0. The van der Waals surface area contributed by atoms with Gasteiger partial charge in [0.1, 0.15) is 0 Å². The van der Waals surface area contributed by atoms with Crippen molar-refractivity contribution in [2.24, 2.45) is 0 Å². The highest BCUT2D eigenvalue weighted by Gasteiger charge is 2.00. The van der Waals surface area contributed by atoms with Crippen LogP contribution in [0.1, 0.15) is 53.4 Å². The van der Waals surface area contributed by atoms with Gasteiger partial charge < -0.3 is 4.74 Å². The van der Waals surface area contributed by atoms with Crippen LogP contribution < -0.4 is 0 Å². The first-order chi connectivity index (χ1) is 5.76. The van der Waals surface area contributed by atoms with Crippen LogP contribution in [0.3, 0.4) is 0 Å². The van der Waals surface area contributed by atoms with Crippen LogP contribution in [0.15, 0.2) is 11.3 Å². The van der Waals surface area contributed by atoms with Crippen LogP contribution in [-0.4, -0.2) is 6.61 Å². The lowest BCUT2D eigenvalue weighted by Gasteiger charge is -2.10. The molecule has 0 bridgehead atoms. The molecule has 0 spiro atoms. The highest BCUT2D eigenvalue weighted by molar-refractivity contribution is 5.06. The second kappa shape index (κ2) is 7.20. The molecule has 0 aliphatic rings. The molecular weight excluding hydrogens is 148 g/mol. The van der Waals surface area contributed by atoms with Gasteiger partial charge in [-0.25, -0.2) is 0 Å². The van der Waals surface area contributed by atoms with Gasteiger partial charge in [0.05, 0.1) is 12.4 Å². The summed E-state index contributed by atoms with van der Waals surface area (Å²) in [5, 5.41) is 0. The van der Waals surface area contributed by atoms with Crippen molar-refractivity contribution in [1.29, 1.82) is 0 Å². The molecule has 1 nitrogen and oxygen atoms in total. The maximum Gasteiger partial charge on any atom is 0.0920 e. The van der Waals surface area contributed by atoms with Crippen molar-refractivity contribution in [3.63, 3.8) is 0 Å². The zero-order valence-electron chi connectivity index (χ0n) is 8.94. The molecule has 0 amide bonds. The van der Waals surface area contributed by atoms with Gasteiger partial charge in [-0.15, -0.1) is 0 Å². The molecule has 0 aromatic carbocycles. The minimum Gasteiger partial charge on any atom is -0.499 e. The average molecular weight is 170 g/mol. The van der Waals surface area contributed by atoms with Crippen LogP contribution in [0.25, 0.3) is 0 Å².